The van der Waals surface area contributed by atoms with Gasteiger partial charge in [0.2, 0.25) is 0 Å². The second-order valence-electron chi connectivity index (χ2n) is 10.6. The fourth-order valence-electron chi connectivity index (χ4n) is 5.36. The van der Waals surface area contributed by atoms with Crippen LogP contribution < -0.4 is 10.6 Å². The molecule has 0 aliphatic carbocycles. The first-order chi connectivity index (χ1) is 20.6. The zero-order valence-corrected chi connectivity index (χ0v) is 25.1. The van der Waals surface area contributed by atoms with Crippen molar-refractivity contribution in [2.45, 2.75) is 40.5 Å². The first kappa shape index (κ1) is 30.7. The van der Waals surface area contributed by atoms with Crippen LogP contribution in [0.1, 0.15) is 62.1 Å². The van der Waals surface area contributed by atoms with E-state index in [0.717, 1.165) is 50.3 Å². The summed E-state index contributed by atoms with van der Waals surface area (Å²) in [6, 6.07) is 23.9. The number of hydrogen-bond acceptors (Lipinski definition) is 2. The third-order valence-corrected chi connectivity index (χ3v) is 7.43. The number of terminal acetylenes is 1. The average Bonchev–Trinajstić information content (AvgIpc) is 2.98. The van der Waals surface area contributed by atoms with Gasteiger partial charge in [-0.3, -0.25) is 9.59 Å². The lowest BCUT2D eigenvalue weighted by Crippen LogP contribution is -2.16. The number of hydrogen-bond donors (Lipinski definition) is 2. The van der Waals surface area contributed by atoms with E-state index >= 15 is 0 Å². The van der Waals surface area contributed by atoms with Crippen molar-refractivity contribution in [3.63, 3.8) is 0 Å². The third kappa shape index (κ3) is 7.17. The second-order valence-corrected chi connectivity index (χ2v) is 10.6. The molecule has 5 heteroatoms. The lowest BCUT2D eigenvalue weighted by atomic mass is 9.82. The number of aryl methyl sites for hydroxylation is 4. The fourth-order valence-corrected chi connectivity index (χ4v) is 5.36. The van der Waals surface area contributed by atoms with Crippen LogP contribution in [0.5, 0.6) is 0 Å². The largest absolute Gasteiger partial charge is 0.322 e. The van der Waals surface area contributed by atoms with E-state index < -0.39 is 0 Å². The Hall–Kier alpha value is -5.21. The monoisotopic (exact) mass is 570 g/mol. The average molecular weight is 571 g/mol. The third-order valence-electron chi connectivity index (χ3n) is 7.43. The Bertz CT molecular complexity index is 1710. The Morgan fingerprint density at radius 2 is 1.28 bits per heavy atom. The fraction of sp³-hybridized carbons (Fsp3) is 0.158. The Morgan fingerprint density at radius 1 is 0.767 bits per heavy atom. The Kier molecular flexibility index (Phi) is 9.75. The standard InChI is InChI=1S/C38H35FN2O2/c1-7-9-13-28(8-2)37(42)40-35-24(3)20-31(21-25(35)4)34(29-16-18-33(39)19-17-29)32-22-26(5)36(27(6)23-32)41-38(43)30-14-11-10-12-15-30/h1,8-23,34H,2-6H3,(H,40,42)(H,41,43)/b13-9-,28-8+. The number of carbonyl (C=O) groups is 2. The van der Waals surface area contributed by atoms with Gasteiger partial charge in [-0.05, 0) is 110 Å². The zero-order chi connectivity index (χ0) is 31.1. The second kappa shape index (κ2) is 13.6. The summed E-state index contributed by atoms with van der Waals surface area (Å²) in [6.45, 7) is 9.65. The lowest BCUT2D eigenvalue weighted by Gasteiger charge is -2.24. The van der Waals surface area contributed by atoms with Crippen LogP contribution in [-0.2, 0) is 4.79 Å². The smallest absolute Gasteiger partial charge is 0.255 e. The molecule has 0 aromatic heterocycles. The van der Waals surface area contributed by atoms with Crippen LogP contribution in [0.2, 0.25) is 0 Å². The summed E-state index contributed by atoms with van der Waals surface area (Å²) in [7, 11) is 0. The van der Waals surface area contributed by atoms with Crippen LogP contribution in [-0.4, -0.2) is 11.8 Å². The summed E-state index contributed by atoms with van der Waals surface area (Å²) in [4.78, 5) is 25.9. The number of allylic oxidation sites excluding steroid dienone is 2. The minimum absolute atomic E-state index is 0.172. The highest BCUT2D eigenvalue weighted by Crippen LogP contribution is 2.38. The summed E-state index contributed by atoms with van der Waals surface area (Å²) in [5.74, 6) is 1.47. The van der Waals surface area contributed by atoms with Gasteiger partial charge in [0, 0.05) is 28.4 Å². The number of halogens is 1. The van der Waals surface area contributed by atoms with Gasteiger partial charge in [0.05, 0.1) is 0 Å². The van der Waals surface area contributed by atoms with Crippen LogP contribution in [0.4, 0.5) is 15.8 Å². The van der Waals surface area contributed by atoms with Gasteiger partial charge in [0.25, 0.3) is 11.8 Å². The van der Waals surface area contributed by atoms with Gasteiger partial charge < -0.3 is 10.6 Å². The summed E-state index contributed by atoms with van der Waals surface area (Å²) < 4.78 is 14.0. The molecule has 4 aromatic carbocycles. The Labute approximate surface area is 253 Å². The van der Waals surface area contributed by atoms with E-state index in [1.165, 1.54) is 18.2 Å². The van der Waals surface area contributed by atoms with E-state index in [4.69, 9.17) is 6.42 Å². The Morgan fingerprint density at radius 3 is 1.77 bits per heavy atom. The van der Waals surface area contributed by atoms with Crippen molar-refractivity contribution < 1.29 is 14.0 Å². The number of amides is 2. The molecule has 1 atom stereocenters. The minimum atomic E-state index is -0.307. The highest BCUT2D eigenvalue weighted by Gasteiger charge is 2.22. The van der Waals surface area contributed by atoms with Gasteiger partial charge in [0.15, 0.2) is 0 Å². The zero-order valence-electron chi connectivity index (χ0n) is 25.1. The van der Waals surface area contributed by atoms with Crippen LogP contribution in [0.25, 0.3) is 0 Å². The van der Waals surface area contributed by atoms with E-state index in [9.17, 15) is 14.0 Å². The maximum absolute atomic E-state index is 14.0. The van der Waals surface area contributed by atoms with Crippen molar-refractivity contribution in [2.24, 2.45) is 0 Å². The quantitative estimate of drug-likeness (QED) is 0.0965. The molecule has 0 radical (unpaired) electrons. The van der Waals surface area contributed by atoms with Crippen molar-refractivity contribution in [3.05, 3.63) is 153 Å². The molecule has 0 aliphatic rings. The van der Waals surface area contributed by atoms with Gasteiger partial charge >= 0.3 is 0 Å². The molecular weight excluding hydrogens is 535 g/mol. The molecule has 0 heterocycles. The van der Waals surface area contributed by atoms with Crippen LogP contribution in [0, 0.1) is 45.9 Å². The van der Waals surface area contributed by atoms with E-state index in [1.54, 1.807) is 43.3 Å². The number of anilines is 2. The summed E-state index contributed by atoms with van der Waals surface area (Å²) >= 11 is 0. The van der Waals surface area contributed by atoms with E-state index in [0.29, 0.717) is 11.1 Å². The maximum atomic E-state index is 14.0. The predicted octanol–water partition coefficient (Wildman–Crippen LogP) is 8.57. The van der Waals surface area contributed by atoms with Gasteiger partial charge in [-0.1, -0.05) is 66.6 Å². The van der Waals surface area contributed by atoms with Crippen molar-refractivity contribution in [3.8, 4) is 12.3 Å². The van der Waals surface area contributed by atoms with Gasteiger partial charge in [-0.15, -0.1) is 6.42 Å². The summed E-state index contributed by atoms with van der Waals surface area (Å²) in [6.07, 6.45) is 10.1. The van der Waals surface area contributed by atoms with Crippen molar-refractivity contribution in [1.29, 1.82) is 0 Å². The molecule has 1 unspecified atom stereocenters. The number of nitrogens with one attached hydrogen (secondary N) is 2. The van der Waals surface area contributed by atoms with E-state index in [2.05, 4.69) is 40.8 Å². The van der Waals surface area contributed by atoms with Crippen molar-refractivity contribution in [1.82, 2.24) is 0 Å². The normalized spacial score (nSPS) is 12.1. The molecule has 0 aliphatic heterocycles. The summed E-state index contributed by atoms with van der Waals surface area (Å²) in [5, 5.41) is 6.10. The first-order valence-electron chi connectivity index (χ1n) is 14.1. The SMILES string of the molecule is C#C/C=C\C(=C/C)C(=O)Nc1c(C)cc(C(c2ccc(F)cc2)c2cc(C)c(NC(=O)c3ccccc3)c(C)c2)cc1C. The maximum Gasteiger partial charge on any atom is 0.255 e. The highest BCUT2D eigenvalue weighted by atomic mass is 19.1. The van der Waals surface area contributed by atoms with Crippen LogP contribution in [0.3, 0.4) is 0 Å². The topological polar surface area (TPSA) is 58.2 Å². The molecule has 0 saturated heterocycles. The lowest BCUT2D eigenvalue weighted by molar-refractivity contribution is -0.112. The molecule has 216 valence electrons. The molecule has 2 amide bonds. The first-order valence-corrected chi connectivity index (χ1v) is 14.1. The predicted molar refractivity (Wildman–Crippen MR) is 174 cm³/mol. The molecule has 0 spiro atoms. The Balaban J connectivity index is 1.75. The number of rotatable bonds is 8. The molecular formula is C38H35FN2O2. The van der Waals surface area contributed by atoms with Gasteiger partial charge in [-0.25, -0.2) is 4.39 Å². The molecule has 0 saturated carbocycles. The molecule has 2 N–H and O–H groups in total. The molecule has 0 fully saturated rings. The molecule has 43 heavy (non-hydrogen) atoms. The molecule has 0 bridgehead atoms. The van der Waals surface area contributed by atoms with E-state index in [1.807, 2.05) is 45.9 Å². The molecule has 4 aromatic rings. The van der Waals surface area contributed by atoms with Crippen LogP contribution >= 0.6 is 0 Å². The van der Waals surface area contributed by atoms with E-state index in [-0.39, 0.29) is 23.5 Å². The highest BCUT2D eigenvalue weighted by molar-refractivity contribution is 6.06. The molecule has 4 rings (SSSR count). The summed E-state index contributed by atoms with van der Waals surface area (Å²) in [5.41, 5.74) is 9.10. The van der Waals surface area contributed by atoms with Crippen LogP contribution in [0.15, 0.2) is 103 Å². The van der Waals surface area contributed by atoms with Gasteiger partial charge in [-0.2, -0.15) is 0 Å². The minimum Gasteiger partial charge on any atom is -0.322 e. The van der Waals surface area contributed by atoms with Gasteiger partial charge in [0.1, 0.15) is 5.82 Å². The molecule has 4 nitrogen and oxygen atoms in total. The number of carbonyl (C=O) groups excluding carboxylic acids is 2. The van der Waals surface area contributed by atoms with Crippen molar-refractivity contribution >= 4 is 23.2 Å². The van der Waals surface area contributed by atoms with Crippen molar-refractivity contribution in [2.75, 3.05) is 10.6 Å². The number of benzene rings is 4.